The Kier molecular flexibility index (Phi) is 37.0. The molecule has 574 valence electrons. The molecule has 37 nitrogen and oxygen atoms in total. The van der Waals surface area contributed by atoms with Crippen molar-refractivity contribution in [2.75, 3.05) is 12.4 Å². The van der Waals surface area contributed by atoms with E-state index in [-0.39, 0.29) is 43.7 Å². The second-order valence-electron chi connectivity index (χ2n) is 25.3. The van der Waals surface area contributed by atoms with Gasteiger partial charge in [0.1, 0.15) is 78.5 Å². The van der Waals surface area contributed by atoms with E-state index in [4.69, 9.17) is 10.8 Å². The number of nitrogens with two attached hydrogens (primary N) is 1. The molecule has 38 heteroatoms. The monoisotopic (exact) mass is 1480 g/mol. The number of H-pyrrole nitrogens is 1. The molecule has 1 aromatic heterocycles. The summed E-state index contributed by atoms with van der Waals surface area (Å²) in [6.07, 6.45) is -5.12. The predicted molar refractivity (Wildman–Crippen MR) is 371 cm³/mol. The number of aliphatic carboxylic acids is 3. The first-order chi connectivity index (χ1) is 48.9. The van der Waals surface area contributed by atoms with Crippen molar-refractivity contribution in [2.45, 2.75) is 204 Å². The fourth-order valence-corrected chi connectivity index (χ4v) is 10.2. The molecule has 2 aromatic carbocycles. The van der Waals surface area contributed by atoms with Crippen LogP contribution in [0.3, 0.4) is 0 Å². The summed E-state index contributed by atoms with van der Waals surface area (Å²) in [5.74, 6) is -19.4. The zero-order valence-electron chi connectivity index (χ0n) is 58.6. The van der Waals surface area contributed by atoms with Gasteiger partial charge in [0, 0.05) is 43.3 Å². The van der Waals surface area contributed by atoms with Crippen LogP contribution in [0.2, 0.25) is 0 Å². The number of aliphatic hydroxyl groups is 4. The lowest BCUT2D eigenvalue weighted by Gasteiger charge is -2.29. The number of hydrogen-bond acceptors (Lipinski definition) is 22. The molecule has 0 aliphatic heterocycles. The number of nitrogens with zero attached hydrogens (tertiary/aromatic N) is 1. The lowest BCUT2D eigenvalue weighted by Crippen LogP contribution is -2.63. The third-order valence-electron chi connectivity index (χ3n) is 16.2. The molecule has 0 spiro atoms. The Bertz CT molecular complexity index is 3410. The molecular weight excluding hydrogens is 1390 g/mol. The Balaban J connectivity index is 1.84. The number of imidazole rings is 1. The number of carboxylic acids is 3. The van der Waals surface area contributed by atoms with E-state index in [9.17, 15) is 103 Å². The van der Waals surface area contributed by atoms with Crippen molar-refractivity contribution in [3.05, 3.63) is 90.0 Å². The fraction of sp³-hybridized carbons (Fsp3) is 0.545. The number of amides is 12. The van der Waals surface area contributed by atoms with Crippen LogP contribution in [0.5, 0.6) is 0 Å². The molecule has 0 bridgehead atoms. The summed E-state index contributed by atoms with van der Waals surface area (Å²) < 4.78 is 0. The summed E-state index contributed by atoms with van der Waals surface area (Å²) in [5, 5.41) is 98.5. The molecule has 22 N–H and O–H groups in total. The number of carbonyl (C=O) groups excluding carboxylic acids is 12. The zero-order valence-corrected chi connectivity index (χ0v) is 59.5. The summed E-state index contributed by atoms with van der Waals surface area (Å²) >= 11 is 4.18. The molecule has 0 saturated carbocycles. The second-order valence-corrected chi connectivity index (χ2v) is 25.7. The molecule has 0 saturated heterocycles. The largest absolute Gasteiger partial charge is 0.481 e. The van der Waals surface area contributed by atoms with Crippen molar-refractivity contribution in [3.8, 4) is 0 Å². The van der Waals surface area contributed by atoms with Gasteiger partial charge in [-0.1, -0.05) is 94.8 Å². The molecule has 0 radical (unpaired) electrons. The van der Waals surface area contributed by atoms with Gasteiger partial charge in [-0.05, 0) is 63.5 Å². The zero-order chi connectivity index (χ0) is 78.2. The molecule has 0 unspecified atom stereocenters. The van der Waals surface area contributed by atoms with Crippen LogP contribution in [0.1, 0.15) is 104 Å². The maximum absolute atomic E-state index is 14.6. The smallest absolute Gasteiger partial charge is 0.326 e. The molecular formula is C66H97N15O22S. The quantitative estimate of drug-likeness (QED) is 0.0234. The molecule has 0 fully saturated rings. The van der Waals surface area contributed by atoms with Crippen LogP contribution in [0, 0.1) is 11.8 Å². The lowest BCUT2D eigenvalue weighted by molar-refractivity contribution is -0.144. The van der Waals surface area contributed by atoms with E-state index in [1.54, 1.807) is 81.4 Å². The van der Waals surface area contributed by atoms with Crippen LogP contribution in [-0.4, -0.2) is 244 Å². The first-order valence-electron chi connectivity index (χ1n) is 33.3. The Morgan fingerprint density at radius 1 is 0.462 bits per heavy atom. The van der Waals surface area contributed by atoms with Crippen LogP contribution >= 0.6 is 12.6 Å². The molecule has 3 aromatic rings. The van der Waals surface area contributed by atoms with E-state index in [1.807, 2.05) is 5.32 Å². The van der Waals surface area contributed by atoms with E-state index in [0.717, 1.165) is 13.8 Å². The molecule has 0 aliphatic rings. The maximum Gasteiger partial charge on any atom is 0.326 e. The van der Waals surface area contributed by atoms with Gasteiger partial charge in [-0.15, -0.1) is 0 Å². The number of benzene rings is 2. The van der Waals surface area contributed by atoms with Gasteiger partial charge in [0.05, 0.1) is 37.7 Å². The van der Waals surface area contributed by atoms with Crippen LogP contribution in [-0.2, 0) is 91.2 Å². The van der Waals surface area contributed by atoms with Crippen LogP contribution in [0.25, 0.3) is 0 Å². The van der Waals surface area contributed by atoms with Crippen LogP contribution < -0.4 is 69.5 Å². The Morgan fingerprint density at radius 3 is 1.32 bits per heavy atom. The number of aromatic nitrogens is 2. The second kappa shape index (κ2) is 43.7. The highest BCUT2D eigenvalue weighted by Crippen LogP contribution is 2.14. The molecule has 1 heterocycles. The van der Waals surface area contributed by atoms with E-state index < -0.39 is 223 Å². The van der Waals surface area contributed by atoms with E-state index in [2.05, 4.69) is 81.1 Å². The number of carboxylic acid groups (broad SMARTS) is 3. The lowest BCUT2D eigenvalue weighted by atomic mass is 9.97. The van der Waals surface area contributed by atoms with Gasteiger partial charge in [0.25, 0.3) is 0 Å². The van der Waals surface area contributed by atoms with Crippen LogP contribution in [0.4, 0.5) is 0 Å². The van der Waals surface area contributed by atoms with Crippen molar-refractivity contribution >= 4 is 101 Å². The van der Waals surface area contributed by atoms with Gasteiger partial charge in [0.15, 0.2) is 0 Å². The highest BCUT2D eigenvalue weighted by Gasteiger charge is 2.40. The minimum absolute atomic E-state index is 0.133. The van der Waals surface area contributed by atoms with Gasteiger partial charge < -0.3 is 110 Å². The van der Waals surface area contributed by atoms with Crippen molar-refractivity contribution in [2.24, 2.45) is 17.6 Å². The Morgan fingerprint density at radius 2 is 0.865 bits per heavy atom. The first-order valence-corrected chi connectivity index (χ1v) is 33.9. The summed E-state index contributed by atoms with van der Waals surface area (Å²) in [6, 6.07) is -5.05. The van der Waals surface area contributed by atoms with E-state index in [0.29, 0.717) is 11.1 Å². The molecule has 104 heavy (non-hydrogen) atoms. The van der Waals surface area contributed by atoms with Crippen molar-refractivity contribution < 1.29 is 108 Å². The summed E-state index contributed by atoms with van der Waals surface area (Å²) in [5.41, 5.74) is 7.18. The highest BCUT2D eigenvalue weighted by atomic mass is 32.1. The van der Waals surface area contributed by atoms with Gasteiger partial charge >= 0.3 is 17.9 Å². The average Bonchev–Trinajstić information content (AvgIpc) is 0.962. The third kappa shape index (κ3) is 29.7. The summed E-state index contributed by atoms with van der Waals surface area (Å²) in [6.45, 7) is 10.0. The Labute approximate surface area is 604 Å². The van der Waals surface area contributed by atoms with E-state index >= 15 is 0 Å². The minimum atomic E-state index is -1.97. The molecule has 17 atom stereocenters. The number of carbonyl (C=O) groups is 15. The predicted octanol–water partition coefficient (Wildman–Crippen LogP) is -5.82. The van der Waals surface area contributed by atoms with E-state index in [1.165, 1.54) is 33.3 Å². The fourth-order valence-electron chi connectivity index (χ4n) is 9.98. The number of thiol groups is 1. The van der Waals surface area contributed by atoms with Gasteiger partial charge in [0.2, 0.25) is 70.9 Å². The average molecular weight is 1480 g/mol. The number of rotatable bonds is 45. The summed E-state index contributed by atoms with van der Waals surface area (Å²) in [4.78, 5) is 208. The topological polar surface area (TPSA) is 597 Å². The molecule has 3 rings (SSSR count). The SMILES string of the molecule is CC[C@H](C)[C@H](NC(=O)[C@H](CC(=O)O)NC(=O)[C@H](C)NC(=O)[C@H](Cc1cnc[nH]1)NC(=O)[C@H](Cc1ccccc1)NC(=O)[C@@H](NC(=O)[C@H](Cc1ccccc1)NC(=O)[C@@H](N)[C@@H](C)O)[C@@H](C)O)C(=O)N[C@@H](CS)C(=O)N[C@H](C(=O)N[C@@H](CC(C)C)C(=O)N[C@@H](CO)C(=O)N[C@@H](CCC(=O)O)C(=O)O)[C@@H](C)O. The van der Waals surface area contributed by atoms with Gasteiger partial charge in [-0.2, -0.15) is 12.6 Å². The van der Waals surface area contributed by atoms with Gasteiger partial charge in [-0.25, -0.2) is 9.78 Å². The number of nitrogens with one attached hydrogen (secondary N) is 13. The maximum atomic E-state index is 14.6. The number of aromatic amines is 1. The van der Waals surface area contributed by atoms with Crippen LogP contribution in [0.15, 0.2) is 73.2 Å². The Hall–Kier alpha value is -10.1. The normalized spacial score (nSPS) is 16.1. The third-order valence-corrected chi connectivity index (χ3v) is 16.5. The van der Waals surface area contributed by atoms with Crippen molar-refractivity contribution in [3.63, 3.8) is 0 Å². The summed E-state index contributed by atoms with van der Waals surface area (Å²) in [7, 11) is 0. The highest BCUT2D eigenvalue weighted by molar-refractivity contribution is 7.80. The van der Waals surface area contributed by atoms with Crippen molar-refractivity contribution in [1.29, 1.82) is 0 Å². The standard InChI is InChI=1S/C66H97N15O22S/c1-9-32(4)51(63(99)78-47(29-104)61(97)81-53(36(8)85)64(100)75-41(22-31(2)3)56(92)77-46(28-82)60(96)71-40(66(102)103)20-21-48(86)87)79-59(95)45(26-49(88)89)72-54(90)33(5)70-55(91)44(25-39-27-68-30-69-39)73-57(93)42(23-37-16-12-10-13-17-37)76-65(101)52(35(7)84)80-58(94)43(24-38-18-14-11-15-19-38)74-62(98)50(67)34(6)83/h10-19,27,30-36,40-47,50-53,82-85,104H,9,20-26,28-29,67H2,1-8H3,(H,68,69)(H,70,91)(H,71,96)(H,72,90)(H,73,93)(H,74,98)(H,75,100)(H,76,101)(H,77,92)(H,78,99)(H,79,95)(H,80,94)(H,81,97)(H,86,87)(H,88,89)(H,102,103)/t32-,33-,34+,35+,36+,40-,41-,42-,43-,44-,45-,46-,47-,50-,51-,52-,53-/m0/s1. The van der Waals surface area contributed by atoms with Gasteiger partial charge in [-0.3, -0.25) is 67.1 Å². The minimum Gasteiger partial charge on any atom is -0.481 e. The number of aliphatic hydroxyl groups excluding tert-OH is 4. The number of hydrogen-bond donors (Lipinski definition) is 22. The first kappa shape index (κ1) is 88.1. The molecule has 12 amide bonds. The molecule has 0 aliphatic carbocycles. The van der Waals surface area contributed by atoms with Crippen molar-refractivity contribution in [1.82, 2.24) is 73.8 Å².